The van der Waals surface area contributed by atoms with Crippen molar-refractivity contribution in [1.82, 2.24) is 10.2 Å². The molecule has 1 aliphatic rings. The monoisotopic (exact) mass is 254 g/mol. The van der Waals surface area contributed by atoms with Crippen LogP contribution in [-0.2, 0) is 4.79 Å². The summed E-state index contributed by atoms with van der Waals surface area (Å²) in [7, 11) is 1.71. The maximum atomic E-state index is 11.8. The second kappa shape index (κ2) is 7.03. The first-order valence-corrected chi connectivity index (χ1v) is 6.40. The van der Waals surface area contributed by atoms with Crippen molar-refractivity contribution in [3.63, 3.8) is 0 Å². The van der Waals surface area contributed by atoms with E-state index < -0.39 is 12.0 Å². The summed E-state index contributed by atoms with van der Waals surface area (Å²) in [6, 6.07) is -1.21. The van der Waals surface area contributed by atoms with E-state index in [1.807, 2.05) is 0 Å². The Morgan fingerprint density at radius 1 is 1.50 bits per heavy atom. The van der Waals surface area contributed by atoms with Crippen molar-refractivity contribution < 1.29 is 14.7 Å². The van der Waals surface area contributed by atoms with Gasteiger partial charge in [-0.1, -0.05) is 18.9 Å². The normalized spacial score (nSPS) is 17.2. The molecule has 0 spiro atoms. The molecule has 0 aromatic carbocycles. The maximum absolute atomic E-state index is 11.8. The largest absolute Gasteiger partial charge is 0.480 e. The molecule has 1 unspecified atom stereocenters. The lowest BCUT2D eigenvalue weighted by atomic mass is 10.1. The number of urea groups is 1. The number of hydrogen-bond donors (Lipinski definition) is 2. The van der Waals surface area contributed by atoms with Crippen LogP contribution in [0.2, 0.25) is 0 Å². The molecule has 1 atom stereocenters. The van der Waals surface area contributed by atoms with Crippen molar-refractivity contribution in [2.75, 3.05) is 13.6 Å². The summed E-state index contributed by atoms with van der Waals surface area (Å²) in [5, 5.41) is 11.4. The Hall–Kier alpha value is -1.52. The molecular weight excluding hydrogens is 232 g/mol. The average Bonchev–Trinajstić information content (AvgIpc) is 2.80. The lowest BCUT2D eigenvalue weighted by molar-refractivity contribution is -0.139. The summed E-state index contributed by atoms with van der Waals surface area (Å²) in [5.74, 6) is -0.471. The molecule has 0 radical (unpaired) electrons. The van der Waals surface area contributed by atoms with Gasteiger partial charge in [0.05, 0.1) is 0 Å². The van der Waals surface area contributed by atoms with Crippen LogP contribution in [0.5, 0.6) is 0 Å². The standard InChI is InChI=1S/C13H22N2O3/c1-3-6-11(12(16)17)14-13(18)15(2)9-10-7-4-5-8-10/h3,10-11H,1,4-9H2,2H3,(H,14,18)(H,16,17). The van der Waals surface area contributed by atoms with Gasteiger partial charge in [0.1, 0.15) is 6.04 Å². The fraction of sp³-hybridized carbons (Fsp3) is 0.692. The highest BCUT2D eigenvalue weighted by Gasteiger charge is 2.23. The molecule has 1 fully saturated rings. The number of nitrogens with one attached hydrogen (secondary N) is 1. The Morgan fingerprint density at radius 3 is 2.61 bits per heavy atom. The summed E-state index contributed by atoms with van der Waals surface area (Å²) in [6.07, 6.45) is 6.51. The number of carbonyl (C=O) groups excluding carboxylic acids is 1. The topological polar surface area (TPSA) is 69.6 Å². The Morgan fingerprint density at radius 2 is 2.11 bits per heavy atom. The molecule has 1 saturated carbocycles. The number of amides is 2. The fourth-order valence-corrected chi connectivity index (χ4v) is 2.31. The molecule has 0 bridgehead atoms. The predicted octanol–water partition coefficient (Wildman–Crippen LogP) is 1.85. The van der Waals surface area contributed by atoms with Gasteiger partial charge in [-0.3, -0.25) is 0 Å². The summed E-state index contributed by atoms with van der Waals surface area (Å²) >= 11 is 0. The van der Waals surface area contributed by atoms with Crippen molar-refractivity contribution in [2.24, 2.45) is 5.92 Å². The minimum absolute atomic E-state index is 0.234. The van der Waals surface area contributed by atoms with Crippen LogP contribution < -0.4 is 5.32 Å². The molecule has 0 saturated heterocycles. The van der Waals surface area contributed by atoms with Crippen LogP contribution >= 0.6 is 0 Å². The van der Waals surface area contributed by atoms with E-state index in [1.54, 1.807) is 11.9 Å². The number of carboxylic acids is 1. The van der Waals surface area contributed by atoms with Crippen LogP contribution in [0.1, 0.15) is 32.1 Å². The zero-order chi connectivity index (χ0) is 13.5. The predicted molar refractivity (Wildman–Crippen MR) is 69.4 cm³/mol. The van der Waals surface area contributed by atoms with E-state index in [-0.39, 0.29) is 12.5 Å². The molecule has 5 heteroatoms. The first-order valence-electron chi connectivity index (χ1n) is 6.40. The quantitative estimate of drug-likeness (QED) is 0.711. The number of carbonyl (C=O) groups is 2. The van der Waals surface area contributed by atoms with E-state index in [0.717, 1.165) is 12.8 Å². The molecule has 102 valence electrons. The fourth-order valence-electron chi connectivity index (χ4n) is 2.31. The third kappa shape index (κ3) is 4.39. The smallest absolute Gasteiger partial charge is 0.326 e. The Kier molecular flexibility index (Phi) is 5.68. The van der Waals surface area contributed by atoms with Gasteiger partial charge in [0.25, 0.3) is 0 Å². The molecule has 1 aliphatic carbocycles. The van der Waals surface area contributed by atoms with Crippen molar-refractivity contribution >= 4 is 12.0 Å². The molecule has 2 N–H and O–H groups in total. The third-order valence-electron chi connectivity index (χ3n) is 3.35. The van der Waals surface area contributed by atoms with Gasteiger partial charge in [-0.2, -0.15) is 0 Å². The van der Waals surface area contributed by atoms with Crippen LogP contribution in [0, 0.1) is 5.92 Å². The SMILES string of the molecule is C=CCC(NC(=O)N(C)CC1CCCC1)C(=O)O. The van der Waals surface area contributed by atoms with Crippen LogP contribution in [0.25, 0.3) is 0 Å². The van der Waals surface area contributed by atoms with Crippen molar-refractivity contribution in [1.29, 1.82) is 0 Å². The maximum Gasteiger partial charge on any atom is 0.326 e. The molecule has 2 amide bonds. The van der Waals surface area contributed by atoms with Crippen molar-refractivity contribution in [3.8, 4) is 0 Å². The number of aliphatic carboxylic acids is 1. The van der Waals surface area contributed by atoms with E-state index >= 15 is 0 Å². The van der Waals surface area contributed by atoms with Gasteiger partial charge in [-0.15, -0.1) is 6.58 Å². The average molecular weight is 254 g/mol. The minimum Gasteiger partial charge on any atom is -0.480 e. The molecule has 1 rings (SSSR count). The lowest BCUT2D eigenvalue weighted by Gasteiger charge is -2.23. The Labute approximate surface area is 108 Å². The number of hydrogen-bond acceptors (Lipinski definition) is 2. The van der Waals surface area contributed by atoms with Gasteiger partial charge in [-0.05, 0) is 25.2 Å². The van der Waals surface area contributed by atoms with Gasteiger partial charge in [0.15, 0.2) is 0 Å². The number of nitrogens with zero attached hydrogens (tertiary/aromatic N) is 1. The van der Waals surface area contributed by atoms with Crippen molar-refractivity contribution in [3.05, 3.63) is 12.7 Å². The van der Waals surface area contributed by atoms with Gasteiger partial charge < -0.3 is 15.3 Å². The zero-order valence-corrected chi connectivity index (χ0v) is 10.9. The summed E-state index contributed by atoms with van der Waals surface area (Å²) in [5.41, 5.74) is 0. The van der Waals surface area contributed by atoms with Crippen LogP contribution in [0.3, 0.4) is 0 Å². The Balaban J connectivity index is 2.41. The molecule has 0 aromatic rings. The van der Waals surface area contributed by atoms with Crippen LogP contribution in [-0.4, -0.2) is 41.6 Å². The first kappa shape index (κ1) is 14.5. The van der Waals surface area contributed by atoms with Gasteiger partial charge in [0.2, 0.25) is 0 Å². The lowest BCUT2D eigenvalue weighted by Crippen LogP contribution is -2.47. The molecule has 18 heavy (non-hydrogen) atoms. The molecule has 0 heterocycles. The van der Waals surface area contributed by atoms with Crippen LogP contribution in [0.4, 0.5) is 4.79 Å². The number of rotatable bonds is 6. The third-order valence-corrected chi connectivity index (χ3v) is 3.35. The molecule has 0 aliphatic heterocycles. The number of carboxylic acid groups (broad SMARTS) is 1. The second-order valence-electron chi connectivity index (χ2n) is 4.90. The summed E-state index contributed by atoms with van der Waals surface area (Å²) < 4.78 is 0. The van der Waals surface area contributed by atoms with E-state index in [2.05, 4.69) is 11.9 Å². The summed E-state index contributed by atoms with van der Waals surface area (Å²) in [6.45, 7) is 4.19. The van der Waals surface area contributed by atoms with Gasteiger partial charge in [-0.25, -0.2) is 9.59 Å². The Bertz CT molecular complexity index is 311. The van der Waals surface area contributed by atoms with E-state index in [4.69, 9.17) is 5.11 Å². The van der Waals surface area contributed by atoms with E-state index in [1.165, 1.54) is 18.9 Å². The van der Waals surface area contributed by atoms with Gasteiger partial charge in [0, 0.05) is 13.6 Å². The second-order valence-corrected chi connectivity index (χ2v) is 4.90. The van der Waals surface area contributed by atoms with Crippen LogP contribution in [0.15, 0.2) is 12.7 Å². The van der Waals surface area contributed by atoms with E-state index in [0.29, 0.717) is 12.5 Å². The highest BCUT2D eigenvalue weighted by atomic mass is 16.4. The zero-order valence-electron chi connectivity index (χ0n) is 10.9. The van der Waals surface area contributed by atoms with Gasteiger partial charge >= 0.3 is 12.0 Å². The first-order chi connectivity index (χ1) is 8.54. The van der Waals surface area contributed by atoms with E-state index in [9.17, 15) is 9.59 Å². The summed E-state index contributed by atoms with van der Waals surface area (Å²) in [4.78, 5) is 24.3. The highest BCUT2D eigenvalue weighted by molar-refractivity contribution is 5.82. The molecule has 0 aromatic heterocycles. The highest BCUT2D eigenvalue weighted by Crippen LogP contribution is 2.25. The van der Waals surface area contributed by atoms with Crippen molar-refractivity contribution in [2.45, 2.75) is 38.1 Å². The minimum atomic E-state index is -1.03. The molecule has 5 nitrogen and oxygen atoms in total. The molecular formula is C13H22N2O3.